The van der Waals surface area contributed by atoms with Crippen LogP contribution in [0.4, 0.5) is 17.3 Å². The first-order valence-corrected chi connectivity index (χ1v) is 10.0. The predicted molar refractivity (Wildman–Crippen MR) is 121 cm³/mol. The van der Waals surface area contributed by atoms with Crippen LogP contribution in [0.3, 0.4) is 0 Å². The van der Waals surface area contributed by atoms with E-state index in [0.717, 1.165) is 22.4 Å². The monoisotopic (exact) mass is 438 g/mol. The first-order chi connectivity index (χ1) is 16.0. The smallest absolute Gasteiger partial charge is 0.163 e. The second kappa shape index (κ2) is 8.03. The van der Waals surface area contributed by atoms with Crippen LogP contribution in [-0.2, 0) is 0 Å². The lowest BCUT2D eigenvalue weighted by Gasteiger charge is -2.18. The number of benzene rings is 1. The average Bonchev–Trinajstić information content (AvgIpc) is 3.47. The number of hydrogen-bond acceptors (Lipinski definition) is 10. The van der Waals surface area contributed by atoms with E-state index in [4.69, 9.17) is 5.26 Å². The molecular formula is C22H18N10O. The first kappa shape index (κ1) is 20.1. The average molecular weight is 438 g/mol. The van der Waals surface area contributed by atoms with Crippen molar-refractivity contribution >= 4 is 34.1 Å². The van der Waals surface area contributed by atoms with Crippen molar-refractivity contribution in [1.29, 1.82) is 5.26 Å². The Morgan fingerprint density at radius 2 is 2.03 bits per heavy atom. The van der Waals surface area contributed by atoms with Crippen molar-refractivity contribution in [1.82, 2.24) is 35.7 Å². The van der Waals surface area contributed by atoms with Crippen LogP contribution in [0.5, 0.6) is 0 Å². The number of anilines is 3. The third kappa shape index (κ3) is 3.82. The number of allylic oxidation sites excluding steroid dienone is 1. The van der Waals surface area contributed by atoms with E-state index in [1.165, 1.54) is 18.1 Å². The molecule has 3 N–H and O–H groups in total. The van der Waals surface area contributed by atoms with Gasteiger partial charge in [-0.25, -0.2) is 15.0 Å². The topological polar surface area (TPSA) is 137 Å². The zero-order valence-electron chi connectivity index (χ0n) is 17.7. The van der Waals surface area contributed by atoms with Crippen molar-refractivity contribution in [2.24, 2.45) is 0 Å². The van der Waals surface area contributed by atoms with Gasteiger partial charge in [0.05, 0.1) is 28.5 Å². The number of ketones is 1. The van der Waals surface area contributed by atoms with E-state index >= 15 is 0 Å². The number of aromatic nitrogens is 5. The second-order valence-electron chi connectivity index (χ2n) is 7.36. The van der Waals surface area contributed by atoms with Gasteiger partial charge in [-0.1, -0.05) is 0 Å². The molecule has 1 aliphatic heterocycles. The molecule has 1 aliphatic rings. The number of hydrazine groups is 2. The number of rotatable bonds is 5. The summed E-state index contributed by atoms with van der Waals surface area (Å²) in [6, 6.07) is 15.0. The maximum absolute atomic E-state index is 12.2. The Labute approximate surface area is 188 Å². The van der Waals surface area contributed by atoms with Crippen molar-refractivity contribution in [2.45, 2.75) is 13.8 Å². The SMILES string of the molecule is CC(=O)c1ccc(-n2cnc3cc(Nc4ccc(C)nn4)ccc32)nc1N1C=C(C#N)NN1. The Morgan fingerprint density at radius 1 is 1.15 bits per heavy atom. The minimum Gasteiger partial charge on any atom is -0.339 e. The molecule has 1 aromatic carbocycles. The molecule has 0 atom stereocenters. The molecule has 162 valence electrons. The molecule has 0 saturated carbocycles. The van der Waals surface area contributed by atoms with Gasteiger partial charge >= 0.3 is 0 Å². The fourth-order valence-electron chi connectivity index (χ4n) is 3.40. The van der Waals surface area contributed by atoms with Crippen LogP contribution in [0.25, 0.3) is 16.9 Å². The molecule has 0 unspecified atom stereocenters. The summed E-state index contributed by atoms with van der Waals surface area (Å²) in [5, 5.41) is 22.0. The number of Topliss-reactive ketones (excluding diaryl/α,β-unsaturated/α-hetero) is 1. The zero-order chi connectivity index (χ0) is 22.9. The molecule has 33 heavy (non-hydrogen) atoms. The van der Waals surface area contributed by atoms with Gasteiger partial charge < -0.3 is 5.32 Å². The molecule has 0 fully saturated rings. The van der Waals surface area contributed by atoms with E-state index in [1.54, 1.807) is 18.5 Å². The van der Waals surface area contributed by atoms with Crippen molar-refractivity contribution in [3.63, 3.8) is 0 Å². The molecule has 0 aliphatic carbocycles. The number of carbonyl (C=O) groups is 1. The van der Waals surface area contributed by atoms with E-state index in [-0.39, 0.29) is 5.78 Å². The van der Waals surface area contributed by atoms with Crippen molar-refractivity contribution in [2.75, 3.05) is 10.3 Å². The highest BCUT2D eigenvalue weighted by atomic mass is 16.1. The van der Waals surface area contributed by atoms with E-state index < -0.39 is 0 Å². The van der Waals surface area contributed by atoms with Gasteiger partial charge in [-0.15, -0.1) is 10.6 Å². The summed E-state index contributed by atoms with van der Waals surface area (Å²) >= 11 is 0. The van der Waals surface area contributed by atoms with Gasteiger partial charge in [0.2, 0.25) is 0 Å². The lowest BCUT2D eigenvalue weighted by atomic mass is 10.2. The summed E-state index contributed by atoms with van der Waals surface area (Å²) in [4.78, 5) is 21.3. The minimum absolute atomic E-state index is 0.143. The molecule has 0 bridgehead atoms. The number of hydrogen-bond donors (Lipinski definition) is 3. The fourth-order valence-corrected chi connectivity index (χ4v) is 3.40. The molecule has 11 nitrogen and oxygen atoms in total. The second-order valence-corrected chi connectivity index (χ2v) is 7.36. The molecule has 0 amide bonds. The first-order valence-electron chi connectivity index (χ1n) is 10.0. The van der Waals surface area contributed by atoms with Crippen LogP contribution in [0, 0.1) is 18.3 Å². The zero-order valence-corrected chi connectivity index (χ0v) is 17.7. The van der Waals surface area contributed by atoms with Gasteiger partial charge in [0.25, 0.3) is 0 Å². The molecule has 4 heterocycles. The Kier molecular flexibility index (Phi) is 4.89. The highest BCUT2D eigenvalue weighted by Gasteiger charge is 2.21. The molecule has 0 saturated heterocycles. The fraction of sp³-hybridized carbons (Fsp3) is 0.0909. The maximum Gasteiger partial charge on any atom is 0.163 e. The number of nitrogens with one attached hydrogen (secondary N) is 3. The predicted octanol–water partition coefficient (Wildman–Crippen LogP) is 2.66. The summed E-state index contributed by atoms with van der Waals surface area (Å²) in [6.07, 6.45) is 3.21. The minimum atomic E-state index is -0.143. The van der Waals surface area contributed by atoms with E-state index in [1.807, 2.05) is 47.9 Å². The Hall–Kier alpha value is -4.82. The van der Waals surface area contributed by atoms with Gasteiger partial charge in [0.15, 0.2) is 17.4 Å². The lowest BCUT2D eigenvalue weighted by Crippen LogP contribution is -2.37. The maximum atomic E-state index is 12.2. The number of pyridine rings is 1. The highest BCUT2D eigenvalue weighted by molar-refractivity contribution is 5.99. The Morgan fingerprint density at radius 3 is 2.76 bits per heavy atom. The number of nitriles is 1. The van der Waals surface area contributed by atoms with Crippen LogP contribution in [-0.4, -0.2) is 30.5 Å². The number of imidazole rings is 1. The standard InChI is InChI=1S/C22H18N10O/c1-13-3-7-20(29-27-13)25-15-4-6-19-18(9-15)24-12-31(19)21-8-5-17(14(2)33)22(26-21)32-11-16(10-23)28-30-32/h3-9,11-12,28,30H,1-2H3,(H,25,29). The Bertz CT molecular complexity index is 1450. The van der Waals surface area contributed by atoms with E-state index in [0.29, 0.717) is 28.7 Å². The summed E-state index contributed by atoms with van der Waals surface area (Å²) < 4.78 is 1.83. The molecule has 3 aromatic heterocycles. The third-order valence-corrected chi connectivity index (χ3v) is 5.02. The van der Waals surface area contributed by atoms with Crippen LogP contribution in [0.15, 0.2) is 60.7 Å². The van der Waals surface area contributed by atoms with E-state index in [2.05, 4.69) is 36.4 Å². The number of carbonyl (C=O) groups excluding carboxylic acids is 1. The number of nitrogens with zero attached hydrogens (tertiary/aromatic N) is 7. The summed E-state index contributed by atoms with van der Waals surface area (Å²) in [6.45, 7) is 3.35. The summed E-state index contributed by atoms with van der Waals surface area (Å²) in [5.41, 5.74) is 9.53. The van der Waals surface area contributed by atoms with Crippen molar-refractivity contribution < 1.29 is 4.79 Å². The van der Waals surface area contributed by atoms with Crippen molar-refractivity contribution in [3.05, 3.63) is 71.9 Å². The summed E-state index contributed by atoms with van der Waals surface area (Å²) in [5.74, 6) is 1.44. The van der Waals surface area contributed by atoms with Crippen molar-refractivity contribution in [3.8, 4) is 11.9 Å². The van der Waals surface area contributed by atoms with Crippen LogP contribution in [0.2, 0.25) is 0 Å². The molecule has 0 radical (unpaired) electrons. The normalized spacial score (nSPS) is 12.9. The Balaban J connectivity index is 1.50. The molecule has 4 aromatic rings. The largest absolute Gasteiger partial charge is 0.339 e. The van der Waals surface area contributed by atoms with Crippen LogP contribution >= 0.6 is 0 Å². The summed E-state index contributed by atoms with van der Waals surface area (Å²) in [7, 11) is 0. The highest BCUT2D eigenvalue weighted by Crippen LogP contribution is 2.26. The quantitative estimate of drug-likeness (QED) is 0.399. The van der Waals surface area contributed by atoms with E-state index in [9.17, 15) is 4.79 Å². The van der Waals surface area contributed by atoms with Gasteiger partial charge in [-0.2, -0.15) is 10.4 Å². The van der Waals surface area contributed by atoms with Crippen LogP contribution in [0.1, 0.15) is 23.0 Å². The van der Waals surface area contributed by atoms with Gasteiger partial charge in [0.1, 0.15) is 23.9 Å². The molecule has 0 spiro atoms. The third-order valence-electron chi connectivity index (χ3n) is 5.02. The number of fused-ring (bicyclic) bond motifs is 1. The van der Waals surface area contributed by atoms with Gasteiger partial charge in [-0.05, 0) is 56.3 Å². The number of aryl methyl sites for hydroxylation is 1. The van der Waals surface area contributed by atoms with Crippen LogP contribution < -0.4 is 21.3 Å². The van der Waals surface area contributed by atoms with Gasteiger partial charge in [-0.3, -0.25) is 14.8 Å². The molecular weight excluding hydrogens is 420 g/mol. The lowest BCUT2D eigenvalue weighted by molar-refractivity contribution is 0.101. The molecule has 5 rings (SSSR count). The molecule has 11 heteroatoms. The van der Waals surface area contributed by atoms with Gasteiger partial charge in [0, 0.05) is 5.69 Å².